The van der Waals surface area contributed by atoms with Crippen LogP contribution in [0.5, 0.6) is 0 Å². The summed E-state index contributed by atoms with van der Waals surface area (Å²) in [4.78, 5) is 11.4. The maximum Gasteiger partial charge on any atom is 0.235 e. The Morgan fingerprint density at radius 2 is 2.29 bits per heavy atom. The van der Waals surface area contributed by atoms with E-state index in [2.05, 4.69) is 15.9 Å². The third-order valence-electron chi connectivity index (χ3n) is 2.27. The zero-order valence-electron chi connectivity index (χ0n) is 9.60. The van der Waals surface area contributed by atoms with E-state index in [1.807, 2.05) is 31.2 Å². The Hall–Kier alpha value is -0.520. The van der Waals surface area contributed by atoms with Gasteiger partial charge in [0.1, 0.15) is 5.25 Å². The monoisotopic (exact) mass is 317 g/mol. The predicted octanol–water partition coefficient (Wildman–Crippen LogP) is 2.34. The molecule has 0 bridgehead atoms. The van der Waals surface area contributed by atoms with E-state index < -0.39 is 0 Å². The number of hydrogen-bond donors (Lipinski definition) is 2. The van der Waals surface area contributed by atoms with Gasteiger partial charge in [-0.15, -0.1) is 11.8 Å². The van der Waals surface area contributed by atoms with Crippen molar-refractivity contribution >= 4 is 33.6 Å². The van der Waals surface area contributed by atoms with Crippen molar-refractivity contribution in [2.45, 2.75) is 12.2 Å². The van der Waals surface area contributed by atoms with Gasteiger partial charge < -0.3 is 10.8 Å². The molecule has 0 unspecified atom stereocenters. The molecule has 3 nitrogen and oxygen atoms in total. The first-order valence-electron chi connectivity index (χ1n) is 5.31. The molecule has 0 radical (unpaired) electrons. The lowest BCUT2D eigenvalue weighted by Gasteiger charge is -2.15. The Labute approximate surface area is 114 Å². The summed E-state index contributed by atoms with van der Waals surface area (Å²) >= 11 is 4.84. The summed E-state index contributed by atoms with van der Waals surface area (Å²) in [5.41, 5.74) is 6.30. The van der Waals surface area contributed by atoms with Crippen LogP contribution in [0.15, 0.2) is 28.7 Å². The zero-order valence-corrected chi connectivity index (χ0v) is 12.0. The van der Waals surface area contributed by atoms with Crippen molar-refractivity contribution in [1.82, 2.24) is 0 Å². The van der Waals surface area contributed by atoms with Gasteiger partial charge in [0.25, 0.3) is 0 Å². The van der Waals surface area contributed by atoms with Crippen LogP contribution in [0.3, 0.4) is 0 Å². The Kier molecular flexibility index (Phi) is 6.02. The van der Waals surface area contributed by atoms with Crippen molar-refractivity contribution in [3.63, 3.8) is 0 Å². The van der Waals surface area contributed by atoms with Crippen LogP contribution >= 0.6 is 27.7 Å². The third kappa shape index (κ3) is 4.69. The van der Waals surface area contributed by atoms with Gasteiger partial charge in [0.15, 0.2) is 0 Å². The highest BCUT2D eigenvalue weighted by molar-refractivity contribution is 9.10. The molecule has 0 aliphatic rings. The second-order valence-electron chi connectivity index (χ2n) is 3.96. The number of thioether (sulfide) groups is 1. The predicted molar refractivity (Wildman–Crippen MR) is 74.8 cm³/mol. The van der Waals surface area contributed by atoms with Crippen LogP contribution in [0.25, 0.3) is 0 Å². The second-order valence-corrected chi connectivity index (χ2v) is 6.01. The molecular formula is C12H16BrNO2S. The highest BCUT2D eigenvalue weighted by atomic mass is 79.9. The number of benzene rings is 1. The molecule has 1 amide bonds. The van der Waals surface area contributed by atoms with Crippen molar-refractivity contribution in [2.75, 3.05) is 12.4 Å². The molecule has 0 aliphatic heterocycles. The fourth-order valence-corrected chi connectivity index (χ4v) is 2.87. The number of amides is 1. The van der Waals surface area contributed by atoms with Gasteiger partial charge in [0, 0.05) is 11.1 Å². The molecule has 2 atom stereocenters. The topological polar surface area (TPSA) is 63.3 Å². The van der Waals surface area contributed by atoms with E-state index >= 15 is 0 Å². The average Bonchev–Trinajstić information content (AvgIpc) is 2.28. The van der Waals surface area contributed by atoms with E-state index in [1.54, 1.807) is 0 Å². The zero-order chi connectivity index (χ0) is 12.8. The van der Waals surface area contributed by atoms with E-state index in [1.165, 1.54) is 11.8 Å². The van der Waals surface area contributed by atoms with E-state index in [0.29, 0.717) is 5.75 Å². The minimum atomic E-state index is -0.360. The molecule has 17 heavy (non-hydrogen) atoms. The normalized spacial score (nSPS) is 14.3. The van der Waals surface area contributed by atoms with Crippen molar-refractivity contribution < 1.29 is 9.90 Å². The number of carbonyl (C=O) groups excluding carboxylic acids is 1. The maximum atomic E-state index is 11.4. The molecule has 0 heterocycles. The number of hydrogen-bond acceptors (Lipinski definition) is 3. The minimum Gasteiger partial charge on any atom is -0.396 e. The fraction of sp³-hybridized carbons (Fsp3) is 0.417. The molecule has 1 aromatic carbocycles. The summed E-state index contributed by atoms with van der Waals surface area (Å²) in [6, 6.07) is 7.57. The Bertz CT molecular complexity index is 387. The van der Waals surface area contributed by atoms with Crippen LogP contribution in [-0.4, -0.2) is 23.4 Å². The Morgan fingerprint density at radius 3 is 2.82 bits per heavy atom. The fourth-order valence-electron chi connectivity index (χ4n) is 1.33. The second kappa shape index (κ2) is 7.03. The van der Waals surface area contributed by atoms with Crippen molar-refractivity contribution in [3.8, 4) is 0 Å². The maximum absolute atomic E-state index is 11.4. The van der Waals surface area contributed by atoms with Gasteiger partial charge in [-0.3, -0.25) is 4.79 Å². The summed E-state index contributed by atoms with van der Waals surface area (Å²) in [6.07, 6.45) is 0. The van der Waals surface area contributed by atoms with E-state index in [-0.39, 0.29) is 23.7 Å². The van der Waals surface area contributed by atoms with Crippen molar-refractivity contribution in [2.24, 2.45) is 11.7 Å². The largest absolute Gasteiger partial charge is 0.396 e. The number of nitrogens with two attached hydrogens (primary N) is 1. The lowest BCUT2D eigenvalue weighted by Crippen LogP contribution is -2.20. The van der Waals surface area contributed by atoms with Gasteiger partial charge in [-0.2, -0.15) is 0 Å². The smallest absolute Gasteiger partial charge is 0.235 e. The Morgan fingerprint density at radius 1 is 1.59 bits per heavy atom. The Balaban J connectivity index is 2.76. The first kappa shape index (κ1) is 14.5. The summed E-state index contributed by atoms with van der Waals surface area (Å²) in [6.45, 7) is 2.06. The van der Waals surface area contributed by atoms with Gasteiger partial charge in [-0.05, 0) is 29.4 Å². The first-order valence-corrected chi connectivity index (χ1v) is 7.16. The van der Waals surface area contributed by atoms with Crippen molar-refractivity contribution in [1.29, 1.82) is 0 Å². The van der Waals surface area contributed by atoms with Crippen LogP contribution in [0.2, 0.25) is 0 Å². The van der Waals surface area contributed by atoms with Gasteiger partial charge >= 0.3 is 0 Å². The van der Waals surface area contributed by atoms with Crippen LogP contribution in [0.4, 0.5) is 0 Å². The molecular weight excluding hydrogens is 302 g/mol. The number of primary amides is 1. The highest BCUT2D eigenvalue weighted by Gasteiger charge is 2.19. The van der Waals surface area contributed by atoms with Gasteiger partial charge in [0.2, 0.25) is 5.91 Å². The van der Waals surface area contributed by atoms with Crippen LogP contribution in [0.1, 0.15) is 17.7 Å². The molecule has 5 heteroatoms. The molecule has 3 N–H and O–H groups in total. The third-order valence-corrected chi connectivity index (χ3v) is 4.36. The summed E-state index contributed by atoms with van der Waals surface area (Å²) in [5, 5.41) is 8.60. The summed E-state index contributed by atoms with van der Waals surface area (Å²) in [5.74, 6) is 0.517. The molecule has 1 rings (SSSR count). The lowest BCUT2D eigenvalue weighted by molar-refractivity contribution is -0.117. The molecule has 0 saturated carbocycles. The SMILES string of the molecule is C[C@H](CO)CS[C@@H](C(N)=O)c1cccc(Br)c1. The summed E-state index contributed by atoms with van der Waals surface area (Å²) in [7, 11) is 0. The van der Waals surface area contributed by atoms with Gasteiger partial charge in [0.05, 0.1) is 0 Å². The number of aliphatic hydroxyl groups is 1. The molecule has 94 valence electrons. The number of rotatable bonds is 6. The average molecular weight is 318 g/mol. The molecule has 0 spiro atoms. The van der Waals surface area contributed by atoms with Crippen molar-refractivity contribution in [3.05, 3.63) is 34.3 Å². The number of halogens is 1. The highest BCUT2D eigenvalue weighted by Crippen LogP contribution is 2.31. The standard InChI is InChI=1S/C12H16BrNO2S/c1-8(6-15)7-17-11(12(14)16)9-3-2-4-10(13)5-9/h2-5,8,11,15H,6-7H2,1H3,(H2,14,16)/t8-,11-/m1/s1. The van der Waals surface area contributed by atoms with Gasteiger partial charge in [-0.25, -0.2) is 0 Å². The minimum absolute atomic E-state index is 0.122. The van der Waals surface area contributed by atoms with E-state index in [9.17, 15) is 4.79 Å². The van der Waals surface area contributed by atoms with Gasteiger partial charge in [-0.1, -0.05) is 35.0 Å². The quantitative estimate of drug-likeness (QED) is 0.846. The molecule has 0 aromatic heterocycles. The van der Waals surface area contributed by atoms with E-state index in [0.717, 1.165) is 10.0 Å². The lowest BCUT2D eigenvalue weighted by atomic mass is 10.1. The number of carbonyl (C=O) groups is 1. The molecule has 1 aromatic rings. The van der Waals surface area contributed by atoms with Crippen LogP contribution in [0, 0.1) is 5.92 Å². The molecule has 0 aliphatic carbocycles. The molecule has 0 saturated heterocycles. The van der Waals surface area contributed by atoms with Crippen LogP contribution in [-0.2, 0) is 4.79 Å². The number of aliphatic hydroxyl groups excluding tert-OH is 1. The van der Waals surface area contributed by atoms with E-state index in [4.69, 9.17) is 10.8 Å². The first-order chi connectivity index (χ1) is 8.04. The summed E-state index contributed by atoms with van der Waals surface area (Å²) < 4.78 is 0.928. The molecule has 0 fully saturated rings. The van der Waals surface area contributed by atoms with Crippen LogP contribution < -0.4 is 5.73 Å².